The lowest BCUT2D eigenvalue weighted by molar-refractivity contribution is -0.870. The molecule has 134 heavy (non-hydrogen) atoms. The molecule has 1 atom stereocenters. The Hall–Kier alpha value is -3.52. The Morgan fingerprint density at radius 3 is 0.530 bits per heavy atom. The van der Waals surface area contributed by atoms with Crippen molar-refractivity contribution >= 4 is 53.7 Å². The van der Waals surface area contributed by atoms with Crippen LogP contribution < -0.4 is 67.4 Å². The Morgan fingerprint density at radius 2 is 0.403 bits per heavy atom. The molecule has 0 saturated carbocycles. The highest BCUT2D eigenvalue weighted by molar-refractivity contribution is 5.79. The van der Waals surface area contributed by atoms with E-state index in [9.17, 15) is 43.2 Å². The van der Waals surface area contributed by atoms with E-state index in [2.05, 4.69) is 123 Å². The van der Waals surface area contributed by atoms with Gasteiger partial charge in [0.25, 0.3) is 0 Å². The van der Waals surface area contributed by atoms with Gasteiger partial charge in [-0.3, -0.25) is 43.2 Å². The van der Waals surface area contributed by atoms with Crippen molar-refractivity contribution in [2.24, 2.45) is 49.2 Å². The first-order chi connectivity index (χ1) is 49.8. The fourth-order valence-electron chi connectivity index (χ4n) is 6.16. The minimum absolute atomic E-state index is 0. The number of hydrogen-bond acceptors (Lipinski definition) is 17. The maximum absolute atomic E-state index is 11.6. The topological polar surface area (TPSA) is 239 Å². The van der Waals surface area contributed by atoms with Gasteiger partial charge < -0.3 is 128 Å². The summed E-state index contributed by atoms with van der Waals surface area (Å²) in [5.74, 6) is -0.400. The molecule has 23 nitrogen and oxygen atoms in total. The van der Waals surface area contributed by atoms with Crippen LogP contribution in [0.4, 0.5) is 0 Å². The first-order valence-corrected chi connectivity index (χ1v) is 41.4. The average Bonchev–Trinajstić information content (AvgIpc) is 0.995. The van der Waals surface area contributed by atoms with Crippen LogP contribution in [0, 0.1) is 49.2 Å². The van der Waals surface area contributed by atoms with E-state index in [-0.39, 0.29) is 299 Å². The highest BCUT2D eigenvalue weighted by Crippen LogP contribution is 2.27. The Bertz CT molecular complexity index is 2320. The standard InChI is InChI=1S/C12H26NO2.4C11H24NO2.C9H19NO.2C8H16O2.C7H14O2.18CH4.5ClH/c1-7-12(2,3)11(14)15-10-8-9-13(4,5)6;4*1-7-11(2,3)10(13)14-9-8-12(4,5)6;1-4-6-7-10-9(11)8(3)5-2;2*1-5-8(3,4)7(9)10-6-2;1-5-7(2,3)6(8)9-4;;;;;;;;;;;;;;;;;;;;;;;/h7-10H2,1-6H3;4*7-9H2,1-6H3;8H,4-7H2,1-3H3,(H,10,11);2*5-6H2,1-4H3;5H2,1-4H3;18*1H4;5*1H/q5*+1;;;;;;;;;;;;;;;;;;;;;;;;;;;/p-5. The number of nitrogens with one attached hydrogen (secondary N) is 1. The molecule has 1 amide bonds. The third-order valence-electron chi connectivity index (χ3n) is 19.3. The monoisotopic (exact) mass is 2060 g/mol. The molecule has 0 aliphatic rings. The molecule has 0 bridgehead atoms. The van der Waals surface area contributed by atoms with Gasteiger partial charge in [0.1, 0.15) is 52.6 Å². The minimum Gasteiger partial charge on any atom is -1.00 e. The van der Waals surface area contributed by atoms with Crippen LogP contribution in [-0.4, -0.2) is 274 Å². The van der Waals surface area contributed by atoms with Crippen LogP contribution in [0.2, 0.25) is 0 Å². The molecular weight excluding hydrogens is 1810 g/mol. The van der Waals surface area contributed by atoms with Gasteiger partial charge in [0.2, 0.25) is 5.91 Å². The molecule has 28 heteroatoms. The van der Waals surface area contributed by atoms with Crippen molar-refractivity contribution in [1.29, 1.82) is 0 Å². The third kappa shape index (κ3) is 137. The molecule has 1 unspecified atom stereocenters. The smallest absolute Gasteiger partial charge is 0.311 e. The Morgan fingerprint density at radius 1 is 0.246 bits per heavy atom. The summed E-state index contributed by atoms with van der Waals surface area (Å²) in [6.07, 6.45) is 10.6. The summed E-state index contributed by atoms with van der Waals surface area (Å²) in [5, 5.41) is 2.90. The summed E-state index contributed by atoms with van der Waals surface area (Å²) in [4.78, 5) is 102. The number of amides is 1. The van der Waals surface area contributed by atoms with Crippen molar-refractivity contribution in [3.05, 3.63) is 0 Å². The van der Waals surface area contributed by atoms with E-state index in [1.54, 1.807) is 0 Å². The highest BCUT2D eigenvalue weighted by atomic mass is 35.5. The molecule has 0 aromatic rings. The molecule has 0 heterocycles. The van der Waals surface area contributed by atoms with E-state index in [0.717, 1.165) is 139 Å². The van der Waals surface area contributed by atoms with Gasteiger partial charge in [-0.05, 0) is 189 Å². The molecule has 850 valence electrons. The summed E-state index contributed by atoms with van der Waals surface area (Å²) in [5.41, 5.74) is -2.64. The summed E-state index contributed by atoms with van der Waals surface area (Å²) >= 11 is 0. The second-order valence-corrected chi connectivity index (χ2v) is 38.9. The van der Waals surface area contributed by atoms with Gasteiger partial charge in [0.05, 0.1) is 183 Å². The zero-order chi connectivity index (χ0) is 90.3. The molecule has 0 aliphatic heterocycles. The number of halogens is 5. The maximum Gasteiger partial charge on any atom is 0.311 e. The van der Waals surface area contributed by atoms with Crippen LogP contribution in [0.3, 0.4) is 0 Å². The van der Waals surface area contributed by atoms with Crippen molar-refractivity contribution in [2.45, 2.75) is 412 Å². The van der Waals surface area contributed by atoms with Crippen molar-refractivity contribution < 1.29 is 165 Å². The molecule has 0 radical (unpaired) electrons. The van der Waals surface area contributed by atoms with Crippen LogP contribution in [0.1, 0.15) is 412 Å². The number of ether oxygens (including phenoxy) is 8. The first kappa shape index (κ1) is 226. The van der Waals surface area contributed by atoms with E-state index < -0.39 is 0 Å². The van der Waals surface area contributed by atoms with Crippen LogP contribution in [0.5, 0.6) is 0 Å². The van der Waals surface area contributed by atoms with Gasteiger partial charge in [0.15, 0.2) is 0 Å². The molecule has 0 rings (SSSR count). The number of rotatable bonds is 39. The summed E-state index contributed by atoms with van der Waals surface area (Å²) in [7, 11) is 32.8. The fourth-order valence-corrected chi connectivity index (χ4v) is 6.16. The number of hydrogen-bond donors (Lipinski definition) is 1. The quantitative estimate of drug-likeness (QED) is 0.0260. The minimum atomic E-state index is -0.342. The van der Waals surface area contributed by atoms with Crippen LogP contribution >= 0.6 is 0 Å². The number of quaternary nitrogens is 5. The number of nitrogens with zero attached hydrogens (tertiary/aromatic N) is 5. The normalized spacial score (nSPS) is 10.2. The molecule has 0 aliphatic carbocycles. The number of esters is 8. The maximum atomic E-state index is 11.6. The van der Waals surface area contributed by atoms with Crippen molar-refractivity contribution in [2.75, 3.05) is 198 Å². The van der Waals surface area contributed by atoms with Gasteiger partial charge in [0, 0.05) is 18.9 Å². The molecule has 0 saturated heterocycles. The summed E-state index contributed by atoms with van der Waals surface area (Å²) in [6.45, 7) is 65.0. The van der Waals surface area contributed by atoms with Gasteiger partial charge in [-0.1, -0.05) is 216 Å². The van der Waals surface area contributed by atoms with E-state index in [1.807, 2.05) is 194 Å². The van der Waals surface area contributed by atoms with Crippen molar-refractivity contribution in [1.82, 2.24) is 5.32 Å². The zero-order valence-corrected chi connectivity index (χ0v) is 87.1. The second-order valence-electron chi connectivity index (χ2n) is 38.9. The molecular formula is C106H259Cl5N6O17. The predicted molar refractivity (Wildman–Crippen MR) is 580 cm³/mol. The Kier molecular flexibility index (Phi) is 188. The van der Waals surface area contributed by atoms with Crippen LogP contribution in [0.25, 0.3) is 0 Å². The van der Waals surface area contributed by atoms with Crippen LogP contribution in [0.15, 0.2) is 0 Å². The van der Waals surface area contributed by atoms with E-state index in [1.165, 1.54) is 7.11 Å². The SMILES string of the molecule is C.C.C.C.C.C.C.C.C.C.C.C.C.C.C.C.C.C.CCC(C)(C)C(=O)OC.CCC(C)(C)C(=O)OCCC[N+](C)(C)C.CCC(C)(C)C(=O)OCC[N+](C)(C)C.CCC(C)(C)C(=O)OCC[N+](C)(C)C.CCC(C)(C)C(=O)OCC[N+](C)(C)C.CCC(C)(C)C(=O)OCC[N+](C)(C)C.CCCCNC(=O)C(C)CC.CCOC(=O)C(C)(C)CC.CCOC(=O)C(C)(C)CC.[Cl-].[Cl-].[Cl-].[Cl-].[Cl-]. The van der Waals surface area contributed by atoms with Gasteiger partial charge in [-0.25, -0.2) is 0 Å². The Labute approximate surface area is 878 Å². The largest absolute Gasteiger partial charge is 1.00 e. The second kappa shape index (κ2) is 111. The predicted octanol–water partition coefficient (Wildman–Crippen LogP) is 12.7. The van der Waals surface area contributed by atoms with Crippen molar-refractivity contribution in [3.8, 4) is 0 Å². The number of unbranched alkanes of at least 4 members (excludes halogenated alkanes) is 1. The van der Waals surface area contributed by atoms with Gasteiger partial charge in [-0.2, -0.15) is 0 Å². The van der Waals surface area contributed by atoms with E-state index in [0.29, 0.717) is 46.2 Å². The lowest BCUT2D eigenvalue weighted by atomic mass is 9.91. The number of likely N-dealkylation sites (N-methyl/N-ethyl adjacent to an activating group) is 4. The van der Waals surface area contributed by atoms with Crippen LogP contribution in [-0.2, 0) is 81.0 Å². The first-order valence-electron chi connectivity index (χ1n) is 41.4. The van der Waals surface area contributed by atoms with Gasteiger partial charge in [-0.15, -0.1) is 0 Å². The fraction of sp³-hybridized carbons (Fsp3) is 0.915. The lowest BCUT2D eigenvalue weighted by Crippen LogP contribution is -3.00. The zero-order valence-electron chi connectivity index (χ0n) is 83.3. The number of methoxy groups -OCH3 is 1. The highest BCUT2D eigenvalue weighted by Gasteiger charge is 2.33. The van der Waals surface area contributed by atoms with Crippen molar-refractivity contribution in [3.63, 3.8) is 0 Å². The van der Waals surface area contributed by atoms with E-state index >= 15 is 0 Å². The van der Waals surface area contributed by atoms with Gasteiger partial charge >= 0.3 is 47.8 Å². The molecule has 1 N–H and O–H groups in total. The van der Waals surface area contributed by atoms with E-state index in [4.69, 9.17) is 33.2 Å². The molecule has 0 aromatic heterocycles. The third-order valence-corrected chi connectivity index (χ3v) is 19.3. The molecule has 0 aromatic carbocycles. The average molecular weight is 2070 g/mol. The summed E-state index contributed by atoms with van der Waals surface area (Å²) < 4.78 is 44.6. The Balaban J connectivity index is -0.0000000286. The molecule has 0 spiro atoms. The molecule has 0 fully saturated rings. The lowest BCUT2D eigenvalue weighted by Gasteiger charge is -2.25. The number of carbonyl (C=O) groups excluding carboxylic acids is 9. The summed E-state index contributed by atoms with van der Waals surface area (Å²) in [6, 6.07) is 0. The number of carbonyl (C=O) groups is 9.